The Balaban J connectivity index is 2.86. The Morgan fingerprint density at radius 3 is 2.39 bits per heavy atom. The number of nitrogens with zero attached hydrogens (tertiary/aromatic N) is 1. The quantitative estimate of drug-likeness (QED) is 0.169. The summed E-state index contributed by atoms with van der Waals surface area (Å²) < 4.78 is 0. The van der Waals surface area contributed by atoms with Crippen molar-refractivity contribution < 1.29 is 34.2 Å². The van der Waals surface area contributed by atoms with Crippen LogP contribution in [0.25, 0.3) is 0 Å². The lowest BCUT2D eigenvalue weighted by Crippen LogP contribution is -2.57. The maximum atomic E-state index is 12.8. The first-order valence-electron chi connectivity index (χ1n) is 9.90. The molecule has 1 heterocycles. The SMILES string of the molecule is CSCC[C@H](NC(=O)[C@@H]1CCCN1C(=O)[C@@H](N)CO)C(=O)N[C@@H](CCC(N)=O)C(=O)O. The molecule has 0 aromatic heterocycles. The summed E-state index contributed by atoms with van der Waals surface area (Å²) in [5, 5.41) is 23.3. The van der Waals surface area contributed by atoms with Gasteiger partial charge >= 0.3 is 5.97 Å². The van der Waals surface area contributed by atoms with Crippen LogP contribution >= 0.6 is 11.8 Å². The van der Waals surface area contributed by atoms with Crippen molar-refractivity contribution in [2.75, 3.05) is 25.2 Å². The van der Waals surface area contributed by atoms with Crippen molar-refractivity contribution in [2.24, 2.45) is 11.5 Å². The molecule has 4 atom stereocenters. The Morgan fingerprint density at radius 1 is 1.16 bits per heavy atom. The highest BCUT2D eigenvalue weighted by molar-refractivity contribution is 7.98. The van der Waals surface area contributed by atoms with E-state index in [4.69, 9.17) is 16.6 Å². The Bertz CT molecular complexity index is 678. The summed E-state index contributed by atoms with van der Waals surface area (Å²) in [5.41, 5.74) is 10.6. The fourth-order valence-electron chi connectivity index (χ4n) is 3.18. The number of thioether (sulfide) groups is 1. The molecule has 31 heavy (non-hydrogen) atoms. The van der Waals surface area contributed by atoms with Gasteiger partial charge in [0.05, 0.1) is 6.61 Å². The first kappa shape index (κ1) is 26.7. The van der Waals surface area contributed by atoms with Gasteiger partial charge in [0.1, 0.15) is 24.2 Å². The van der Waals surface area contributed by atoms with Crippen LogP contribution in [0.2, 0.25) is 0 Å². The van der Waals surface area contributed by atoms with Gasteiger partial charge in [-0.2, -0.15) is 11.8 Å². The van der Waals surface area contributed by atoms with E-state index in [1.165, 1.54) is 16.7 Å². The number of nitrogens with one attached hydrogen (secondary N) is 2. The van der Waals surface area contributed by atoms with Crippen LogP contribution in [-0.4, -0.2) is 94.0 Å². The largest absolute Gasteiger partial charge is 0.480 e. The number of aliphatic hydroxyl groups excluding tert-OH is 1. The number of hydrogen-bond donors (Lipinski definition) is 6. The van der Waals surface area contributed by atoms with Crippen molar-refractivity contribution >= 4 is 41.4 Å². The molecule has 0 spiro atoms. The van der Waals surface area contributed by atoms with Crippen LogP contribution in [0.1, 0.15) is 32.1 Å². The molecule has 1 saturated heterocycles. The number of primary amides is 1. The zero-order valence-electron chi connectivity index (χ0n) is 17.4. The van der Waals surface area contributed by atoms with E-state index in [1.54, 1.807) is 0 Å². The molecule has 13 heteroatoms. The lowest BCUT2D eigenvalue weighted by molar-refractivity contribution is -0.143. The molecule has 0 aliphatic carbocycles. The lowest BCUT2D eigenvalue weighted by Gasteiger charge is -2.28. The van der Waals surface area contributed by atoms with Gasteiger partial charge in [0.25, 0.3) is 0 Å². The first-order valence-corrected chi connectivity index (χ1v) is 11.3. The molecular formula is C18H31N5O7S. The predicted molar refractivity (Wildman–Crippen MR) is 113 cm³/mol. The second-order valence-electron chi connectivity index (χ2n) is 7.23. The average Bonchev–Trinajstić information content (AvgIpc) is 3.22. The van der Waals surface area contributed by atoms with Gasteiger partial charge in [-0.15, -0.1) is 0 Å². The summed E-state index contributed by atoms with van der Waals surface area (Å²) in [6.45, 7) is -0.245. The summed E-state index contributed by atoms with van der Waals surface area (Å²) in [6.07, 6.45) is 2.60. The number of carbonyl (C=O) groups is 5. The number of likely N-dealkylation sites (tertiary alicyclic amines) is 1. The van der Waals surface area contributed by atoms with Crippen molar-refractivity contribution in [1.82, 2.24) is 15.5 Å². The monoisotopic (exact) mass is 461 g/mol. The smallest absolute Gasteiger partial charge is 0.326 e. The minimum absolute atomic E-state index is 0.177. The van der Waals surface area contributed by atoms with Gasteiger partial charge in [-0.25, -0.2) is 4.79 Å². The van der Waals surface area contributed by atoms with Crippen molar-refractivity contribution in [1.29, 1.82) is 0 Å². The van der Waals surface area contributed by atoms with Crippen LogP contribution in [0.15, 0.2) is 0 Å². The molecule has 1 fully saturated rings. The number of hydrogen-bond acceptors (Lipinski definition) is 8. The third-order valence-corrected chi connectivity index (χ3v) is 5.53. The van der Waals surface area contributed by atoms with Crippen molar-refractivity contribution in [3.63, 3.8) is 0 Å². The van der Waals surface area contributed by atoms with E-state index in [2.05, 4.69) is 10.6 Å². The zero-order chi connectivity index (χ0) is 23.6. The molecule has 0 unspecified atom stereocenters. The van der Waals surface area contributed by atoms with E-state index < -0.39 is 60.4 Å². The van der Waals surface area contributed by atoms with Crippen LogP contribution < -0.4 is 22.1 Å². The average molecular weight is 462 g/mol. The van der Waals surface area contributed by atoms with E-state index in [9.17, 15) is 29.1 Å². The standard InChI is InChI=1S/C18H31N5O7S/c1-31-8-6-11(15(26)22-12(18(29)30)4-5-14(20)25)21-16(27)13-3-2-7-23(13)17(28)10(19)9-24/h10-13,24H,2-9,19H2,1H3,(H2,20,25)(H,21,27)(H,22,26)(H,29,30)/t10-,11-,12-,13-/m0/s1. The van der Waals surface area contributed by atoms with Gasteiger partial charge in [-0.3, -0.25) is 19.2 Å². The summed E-state index contributed by atoms with van der Waals surface area (Å²) >= 11 is 1.44. The molecule has 1 aliphatic heterocycles. The lowest BCUT2D eigenvalue weighted by atomic mass is 10.1. The highest BCUT2D eigenvalue weighted by Crippen LogP contribution is 2.19. The number of aliphatic hydroxyl groups is 1. The number of carboxylic acids is 1. The number of aliphatic carboxylic acids is 1. The molecule has 0 saturated carbocycles. The molecule has 1 rings (SSSR count). The molecular weight excluding hydrogens is 430 g/mol. The first-order chi connectivity index (χ1) is 14.6. The maximum Gasteiger partial charge on any atom is 0.326 e. The molecule has 8 N–H and O–H groups in total. The summed E-state index contributed by atoms with van der Waals surface area (Å²) in [7, 11) is 0. The molecule has 176 valence electrons. The predicted octanol–water partition coefficient (Wildman–Crippen LogP) is -2.63. The Kier molecular flexibility index (Phi) is 11.3. The van der Waals surface area contributed by atoms with E-state index in [1.807, 2.05) is 6.26 Å². The van der Waals surface area contributed by atoms with Crippen molar-refractivity contribution in [2.45, 2.75) is 56.3 Å². The second-order valence-corrected chi connectivity index (χ2v) is 8.21. The molecule has 0 radical (unpaired) electrons. The Labute approximate surface area is 184 Å². The van der Waals surface area contributed by atoms with Crippen molar-refractivity contribution in [3.8, 4) is 0 Å². The van der Waals surface area contributed by atoms with Gasteiger partial charge in [0, 0.05) is 13.0 Å². The minimum Gasteiger partial charge on any atom is -0.480 e. The van der Waals surface area contributed by atoms with Crippen LogP contribution in [0, 0.1) is 0 Å². The number of nitrogens with two attached hydrogens (primary N) is 2. The van der Waals surface area contributed by atoms with Gasteiger partial charge in [-0.1, -0.05) is 0 Å². The van der Waals surface area contributed by atoms with Crippen LogP contribution in [-0.2, 0) is 24.0 Å². The molecule has 1 aliphatic rings. The van der Waals surface area contributed by atoms with E-state index in [0.717, 1.165) is 0 Å². The summed E-state index contributed by atoms with van der Waals surface area (Å²) in [4.78, 5) is 61.4. The highest BCUT2D eigenvalue weighted by Gasteiger charge is 2.37. The van der Waals surface area contributed by atoms with Gasteiger partial charge in [0.2, 0.25) is 23.6 Å². The molecule has 0 aromatic carbocycles. The fourth-order valence-corrected chi connectivity index (χ4v) is 3.65. The third kappa shape index (κ3) is 8.34. The minimum atomic E-state index is -1.33. The van der Waals surface area contributed by atoms with Gasteiger partial charge < -0.3 is 37.2 Å². The zero-order valence-corrected chi connectivity index (χ0v) is 18.2. The van der Waals surface area contributed by atoms with Crippen LogP contribution in [0.3, 0.4) is 0 Å². The summed E-state index contributed by atoms with van der Waals surface area (Å²) in [6, 6.07) is -4.33. The second kappa shape index (κ2) is 13.1. The Hall–Kier alpha value is -2.38. The van der Waals surface area contributed by atoms with E-state index in [0.29, 0.717) is 25.1 Å². The van der Waals surface area contributed by atoms with Crippen LogP contribution in [0.4, 0.5) is 0 Å². The molecule has 0 aromatic rings. The number of carbonyl (C=O) groups excluding carboxylic acids is 4. The Morgan fingerprint density at radius 2 is 1.84 bits per heavy atom. The van der Waals surface area contributed by atoms with Gasteiger partial charge in [-0.05, 0) is 37.7 Å². The van der Waals surface area contributed by atoms with E-state index >= 15 is 0 Å². The van der Waals surface area contributed by atoms with Gasteiger partial charge in [0.15, 0.2) is 0 Å². The third-order valence-electron chi connectivity index (χ3n) is 4.89. The number of carboxylic acid groups (broad SMARTS) is 1. The molecule has 4 amide bonds. The maximum absolute atomic E-state index is 12.8. The van der Waals surface area contributed by atoms with E-state index in [-0.39, 0.29) is 19.3 Å². The van der Waals surface area contributed by atoms with Crippen molar-refractivity contribution in [3.05, 3.63) is 0 Å². The van der Waals surface area contributed by atoms with Crippen LogP contribution in [0.5, 0.6) is 0 Å². The molecule has 12 nitrogen and oxygen atoms in total. The normalized spacial score (nSPS) is 18.7. The number of rotatable bonds is 13. The highest BCUT2D eigenvalue weighted by atomic mass is 32.2. The topological polar surface area (TPSA) is 205 Å². The fraction of sp³-hybridized carbons (Fsp3) is 0.722. The summed E-state index contributed by atoms with van der Waals surface area (Å²) in [5.74, 6) is -3.32. The number of amides is 4. The molecule has 0 bridgehead atoms.